The first-order valence-electron chi connectivity index (χ1n) is 7.78. The summed E-state index contributed by atoms with van der Waals surface area (Å²) < 4.78 is 5.70. The van der Waals surface area contributed by atoms with Gasteiger partial charge in [0.25, 0.3) is 0 Å². The lowest BCUT2D eigenvalue weighted by Gasteiger charge is -2.36. The Hall–Kier alpha value is -0.120. The summed E-state index contributed by atoms with van der Waals surface area (Å²) in [5.74, 6) is 8.28. The zero-order valence-corrected chi connectivity index (χ0v) is 12.0. The predicted octanol–water partition coefficient (Wildman–Crippen LogP) is 2.85. The van der Waals surface area contributed by atoms with E-state index >= 15 is 0 Å². The van der Waals surface area contributed by atoms with E-state index in [2.05, 4.69) is 19.3 Å². The van der Waals surface area contributed by atoms with Crippen LogP contribution in [0.1, 0.15) is 58.8 Å². The summed E-state index contributed by atoms with van der Waals surface area (Å²) in [6.45, 7) is 5.74. The number of hydrazine groups is 1. The van der Waals surface area contributed by atoms with Crippen molar-refractivity contribution in [3.63, 3.8) is 0 Å². The van der Waals surface area contributed by atoms with Gasteiger partial charge in [-0.3, -0.25) is 11.3 Å². The topological polar surface area (TPSA) is 47.3 Å². The molecule has 5 unspecified atom stereocenters. The Morgan fingerprint density at radius 2 is 2.06 bits per heavy atom. The lowest BCUT2D eigenvalue weighted by atomic mass is 9.72. The van der Waals surface area contributed by atoms with Crippen LogP contribution in [0.2, 0.25) is 0 Å². The van der Waals surface area contributed by atoms with Crippen LogP contribution in [0.25, 0.3) is 0 Å². The molecule has 1 aliphatic heterocycles. The van der Waals surface area contributed by atoms with E-state index in [1.54, 1.807) is 0 Å². The molecule has 1 saturated heterocycles. The lowest BCUT2D eigenvalue weighted by molar-refractivity contribution is 0.0919. The van der Waals surface area contributed by atoms with Crippen molar-refractivity contribution in [1.82, 2.24) is 5.43 Å². The van der Waals surface area contributed by atoms with Gasteiger partial charge in [0.1, 0.15) is 0 Å². The largest absolute Gasteiger partial charge is 0.378 e. The number of nitrogens with two attached hydrogens (primary N) is 1. The van der Waals surface area contributed by atoms with E-state index < -0.39 is 0 Å². The lowest BCUT2D eigenvalue weighted by Crippen LogP contribution is -2.43. The minimum Gasteiger partial charge on any atom is -0.378 e. The fourth-order valence-corrected chi connectivity index (χ4v) is 3.65. The summed E-state index contributed by atoms with van der Waals surface area (Å²) in [7, 11) is 0. The van der Waals surface area contributed by atoms with E-state index in [4.69, 9.17) is 10.6 Å². The number of nitrogens with one attached hydrogen (secondary N) is 1. The highest BCUT2D eigenvalue weighted by atomic mass is 16.5. The third-order valence-electron chi connectivity index (χ3n) is 5.25. The van der Waals surface area contributed by atoms with E-state index in [0.717, 1.165) is 24.4 Å². The molecule has 2 fully saturated rings. The van der Waals surface area contributed by atoms with Gasteiger partial charge < -0.3 is 4.74 Å². The molecule has 0 aromatic heterocycles. The number of hydrogen-bond donors (Lipinski definition) is 2. The third kappa shape index (κ3) is 3.69. The summed E-state index contributed by atoms with van der Waals surface area (Å²) in [5, 5.41) is 0. The van der Waals surface area contributed by atoms with Gasteiger partial charge in [-0.05, 0) is 56.3 Å². The fourth-order valence-electron chi connectivity index (χ4n) is 3.65. The Labute approximate surface area is 112 Å². The maximum atomic E-state index is 5.78. The molecule has 0 bridgehead atoms. The van der Waals surface area contributed by atoms with E-state index in [0.29, 0.717) is 12.1 Å². The van der Waals surface area contributed by atoms with Gasteiger partial charge in [-0.1, -0.05) is 20.3 Å². The van der Waals surface area contributed by atoms with Crippen molar-refractivity contribution in [2.45, 2.75) is 70.9 Å². The van der Waals surface area contributed by atoms with Crippen LogP contribution in [-0.2, 0) is 4.74 Å². The molecule has 106 valence electrons. The van der Waals surface area contributed by atoms with E-state index in [1.165, 1.54) is 44.9 Å². The minimum absolute atomic E-state index is 0.490. The monoisotopic (exact) mass is 254 g/mol. The molecule has 3 nitrogen and oxygen atoms in total. The molecular formula is C15H30N2O. The quantitative estimate of drug-likeness (QED) is 0.586. The fraction of sp³-hybridized carbons (Fsp3) is 1.00. The van der Waals surface area contributed by atoms with Crippen LogP contribution in [0.15, 0.2) is 0 Å². The van der Waals surface area contributed by atoms with Crippen molar-refractivity contribution < 1.29 is 4.74 Å². The van der Waals surface area contributed by atoms with Gasteiger partial charge in [0.2, 0.25) is 0 Å². The second-order valence-electron chi connectivity index (χ2n) is 6.51. The van der Waals surface area contributed by atoms with Crippen molar-refractivity contribution >= 4 is 0 Å². The van der Waals surface area contributed by atoms with Crippen LogP contribution < -0.4 is 11.3 Å². The van der Waals surface area contributed by atoms with E-state index in [9.17, 15) is 0 Å². The van der Waals surface area contributed by atoms with Crippen LogP contribution in [0, 0.1) is 17.8 Å². The average Bonchev–Trinajstić information content (AvgIpc) is 2.87. The molecule has 5 atom stereocenters. The maximum absolute atomic E-state index is 5.78. The van der Waals surface area contributed by atoms with Gasteiger partial charge in [-0.2, -0.15) is 0 Å². The molecule has 2 aliphatic rings. The molecule has 0 aromatic carbocycles. The van der Waals surface area contributed by atoms with Gasteiger partial charge in [0, 0.05) is 12.6 Å². The highest BCUT2D eigenvalue weighted by Gasteiger charge is 2.30. The molecule has 18 heavy (non-hydrogen) atoms. The Kier molecular flexibility index (Phi) is 5.46. The second-order valence-corrected chi connectivity index (χ2v) is 6.51. The molecule has 0 spiro atoms. The molecule has 1 heterocycles. The Balaban J connectivity index is 1.76. The third-order valence-corrected chi connectivity index (χ3v) is 5.25. The average molecular weight is 254 g/mol. The van der Waals surface area contributed by atoms with Crippen molar-refractivity contribution in [3.8, 4) is 0 Å². The smallest absolute Gasteiger partial charge is 0.0576 e. The first kappa shape index (κ1) is 14.3. The zero-order chi connectivity index (χ0) is 13.0. The molecule has 1 saturated carbocycles. The molecule has 0 amide bonds. The Morgan fingerprint density at radius 1 is 1.22 bits per heavy atom. The summed E-state index contributed by atoms with van der Waals surface area (Å²) in [5.41, 5.74) is 3.08. The van der Waals surface area contributed by atoms with Crippen molar-refractivity contribution in [2.75, 3.05) is 6.61 Å². The number of hydrogen-bond acceptors (Lipinski definition) is 3. The maximum Gasteiger partial charge on any atom is 0.0576 e. The van der Waals surface area contributed by atoms with Gasteiger partial charge in [-0.15, -0.1) is 0 Å². The first-order chi connectivity index (χ1) is 8.70. The highest BCUT2D eigenvalue weighted by Crippen LogP contribution is 2.36. The van der Waals surface area contributed by atoms with Crippen LogP contribution >= 0.6 is 0 Å². The molecule has 3 N–H and O–H groups in total. The number of rotatable bonds is 5. The van der Waals surface area contributed by atoms with Gasteiger partial charge >= 0.3 is 0 Å². The molecule has 1 aliphatic carbocycles. The molecule has 3 heteroatoms. The van der Waals surface area contributed by atoms with E-state index in [1.807, 2.05) is 0 Å². The second kappa shape index (κ2) is 6.88. The van der Waals surface area contributed by atoms with Crippen molar-refractivity contribution in [3.05, 3.63) is 0 Å². The van der Waals surface area contributed by atoms with Gasteiger partial charge in [0.15, 0.2) is 0 Å². The van der Waals surface area contributed by atoms with Gasteiger partial charge in [-0.25, -0.2) is 0 Å². The molecular weight excluding hydrogens is 224 g/mol. The summed E-state index contributed by atoms with van der Waals surface area (Å²) in [4.78, 5) is 0. The Morgan fingerprint density at radius 3 is 2.67 bits per heavy atom. The van der Waals surface area contributed by atoms with Crippen molar-refractivity contribution in [2.24, 2.45) is 23.6 Å². The SMILES string of the molecule is CC1CCC(C(CCC2CCCO2)NN)CC1C. The number of ether oxygens (including phenoxy) is 1. The summed E-state index contributed by atoms with van der Waals surface area (Å²) in [6, 6.07) is 0.490. The summed E-state index contributed by atoms with van der Waals surface area (Å²) >= 11 is 0. The zero-order valence-electron chi connectivity index (χ0n) is 12.0. The van der Waals surface area contributed by atoms with Crippen molar-refractivity contribution in [1.29, 1.82) is 0 Å². The molecule has 2 rings (SSSR count). The normalized spacial score (nSPS) is 38.8. The standard InChI is InChI=1S/C15H30N2O/c1-11-5-6-13(10-12(11)2)15(17-16)8-7-14-4-3-9-18-14/h11-15,17H,3-10,16H2,1-2H3. The predicted molar refractivity (Wildman–Crippen MR) is 75.0 cm³/mol. The van der Waals surface area contributed by atoms with Crippen LogP contribution in [0.5, 0.6) is 0 Å². The Bertz CT molecular complexity index is 241. The highest BCUT2D eigenvalue weighted by molar-refractivity contribution is 4.83. The summed E-state index contributed by atoms with van der Waals surface area (Å²) in [6.07, 6.45) is 9.37. The van der Waals surface area contributed by atoms with E-state index in [-0.39, 0.29) is 0 Å². The molecule has 0 radical (unpaired) electrons. The minimum atomic E-state index is 0.490. The molecule has 0 aromatic rings. The first-order valence-corrected chi connectivity index (χ1v) is 7.78. The van der Waals surface area contributed by atoms with Crippen LogP contribution in [0.4, 0.5) is 0 Å². The van der Waals surface area contributed by atoms with Crippen LogP contribution in [0.3, 0.4) is 0 Å². The van der Waals surface area contributed by atoms with Gasteiger partial charge in [0.05, 0.1) is 6.10 Å². The van der Waals surface area contributed by atoms with Crippen LogP contribution in [-0.4, -0.2) is 18.8 Å².